The van der Waals surface area contributed by atoms with E-state index in [1.165, 1.54) is 0 Å². The largest absolute Gasteiger partial charge is 0.397 e. The van der Waals surface area contributed by atoms with Crippen LogP contribution >= 0.6 is 0 Å². The molecule has 0 fully saturated rings. The summed E-state index contributed by atoms with van der Waals surface area (Å²) >= 11 is 0. The molecule has 76 valence electrons. The molecular weight excluding hydrogens is 174 g/mol. The molecule has 0 aromatic carbocycles. The van der Waals surface area contributed by atoms with Crippen molar-refractivity contribution in [1.82, 2.24) is 4.98 Å². The molecule has 0 aliphatic heterocycles. The van der Waals surface area contributed by atoms with Crippen LogP contribution in [0, 0.1) is 6.92 Å². The fraction of sp³-hybridized carbons (Fsp3) is 0.364. The minimum Gasteiger partial charge on any atom is -0.397 e. The number of anilines is 2. The maximum Gasteiger partial charge on any atom is 0.128 e. The third kappa shape index (κ3) is 2.49. The molecule has 2 N–H and O–H groups in total. The number of hydrogen-bond acceptors (Lipinski definition) is 3. The Balaban J connectivity index is 2.85. The molecule has 1 aromatic rings. The van der Waals surface area contributed by atoms with Crippen molar-refractivity contribution < 1.29 is 0 Å². The van der Waals surface area contributed by atoms with Crippen molar-refractivity contribution in [1.29, 1.82) is 0 Å². The molecule has 0 unspecified atom stereocenters. The van der Waals surface area contributed by atoms with Crippen molar-refractivity contribution in [3.63, 3.8) is 0 Å². The second kappa shape index (κ2) is 4.13. The van der Waals surface area contributed by atoms with Gasteiger partial charge in [0.1, 0.15) is 5.82 Å². The second-order valence-electron chi connectivity index (χ2n) is 3.66. The summed E-state index contributed by atoms with van der Waals surface area (Å²) in [5.41, 5.74) is 8.41. The van der Waals surface area contributed by atoms with Crippen LogP contribution in [0.1, 0.15) is 12.6 Å². The van der Waals surface area contributed by atoms with Crippen LogP contribution in [0.4, 0.5) is 11.5 Å². The van der Waals surface area contributed by atoms with Crippen LogP contribution in [-0.4, -0.2) is 18.6 Å². The van der Waals surface area contributed by atoms with Crippen LogP contribution in [0.15, 0.2) is 24.3 Å². The SMILES string of the molecule is C=C(C)CN(C)c1ccc(N)c(C)n1. The summed E-state index contributed by atoms with van der Waals surface area (Å²) in [5.74, 6) is 0.930. The fourth-order valence-corrected chi connectivity index (χ4v) is 1.26. The number of nitrogens with zero attached hydrogens (tertiary/aromatic N) is 2. The van der Waals surface area contributed by atoms with Gasteiger partial charge in [0, 0.05) is 13.6 Å². The molecule has 0 bridgehead atoms. The van der Waals surface area contributed by atoms with E-state index >= 15 is 0 Å². The van der Waals surface area contributed by atoms with Crippen molar-refractivity contribution >= 4 is 11.5 Å². The van der Waals surface area contributed by atoms with Crippen LogP contribution in [-0.2, 0) is 0 Å². The number of nitrogen functional groups attached to an aromatic ring is 1. The summed E-state index contributed by atoms with van der Waals surface area (Å²) in [6.07, 6.45) is 0. The predicted octanol–water partition coefficient (Wildman–Crippen LogP) is 1.98. The van der Waals surface area contributed by atoms with Gasteiger partial charge in [0.05, 0.1) is 11.4 Å². The number of aryl methyl sites for hydroxylation is 1. The zero-order valence-electron chi connectivity index (χ0n) is 9.04. The smallest absolute Gasteiger partial charge is 0.128 e. The number of nitrogens with two attached hydrogens (primary N) is 1. The Bertz CT molecular complexity index is 344. The third-order valence-corrected chi connectivity index (χ3v) is 2.01. The summed E-state index contributed by atoms with van der Waals surface area (Å²) in [7, 11) is 1.99. The van der Waals surface area contributed by atoms with E-state index in [0.29, 0.717) is 0 Å². The number of pyridine rings is 1. The highest BCUT2D eigenvalue weighted by Gasteiger charge is 2.03. The highest BCUT2D eigenvalue weighted by molar-refractivity contribution is 5.50. The van der Waals surface area contributed by atoms with Gasteiger partial charge in [-0.1, -0.05) is 12.2 Å². The van der Waals surface area contributed by atoms with Gasteiger partial charge in [-0.2, -0.15) is 0 Å². The Morgan fingerprint density at radius 3 is 2.71 bits per heavy atom. The van der Waals surface area contributed by atoms with Crippen LogP contribution in [0.5, 0.6) is 0 Å². The van der Waals surface area contributed by atoms with E-state index in [2.05, 4.69) is 16.5 Å². The molecule has 3 heteroatoms. The Hall–Kier alpha value is -1.51. The molecule has 0 amide bonds. The van der Waals surface area contributed by atoms with Crippen LogP contribution < -0.4 is 10.6 Å². The highest BCUT2D eigenvalue weighted by Crippen LogP contribution is 2.15. The topological polar surface area (TPSA) is 42.1 Å². The first kappa shape index (κ1) is 10.6. The lowest BCUT2D eigenvalue weighted by Crippen LogP contribution is -2.20. The van der Waals surface area contributed by atoms with Crippen molar-refractivity contribution in [2.75, 3.05) is 24.2 Å². The van der Waals surface area contributed by atoms with E-state index in [1.54, 1.807) is 0 Å². The molecule has 0 atom stereocenters. The van der Waals surface area contributed by atoms with Crippen LogP contribution in [0.2, 0.25) is 0 Å². The third-order valence-electron chi connectivity index (χ3n) is 2.01. The van der Waals surface area contributed by atoms with E-state index in [0.717, 1.165) is 29.3 Å². The van der Waals surface area contributed by atoms with E-state index < -0.39 is 0 Å². The first-order valence-corrected chi connectivity index (χ1v) is 4.59. The van der Waals surface area contributed by atoms with Crippen molar-refractivity contribution in [2.45, 2.75) is 13.8 Å². The van der Waals surface area contributed by atoms with E-state index in [1.807, 2.05) is 33.0 Å². The Morgan fingerprint density at radius 1 is 1.57 bits per heavy atom. The summed E-state index contributed by atoms with van der Waals surface area (Å²) in [6.45, 7) is 8.59. The molecule has 0 aliphatic rings. The molecule has 0 aliphatic carbocycles. The number of hydrogen-bond donors (Lipinski definition) is 1. The van der Waals surface area contributed by atoms with E-state index in [4.69, 9.17) is 5.73 Å². The standard InChI is InChI=1S/C11H17N3/c1-8(2)7-14(4)11-6-5-10(12)9(3)13-11/h5-6H,1,7,12H2,2-4H3. The lowest BCUT2D eigenvalue weighted by Gasteiger charge is -2.18. The summed E-state index contributed by atoms with van der Waals surface area (Å²) in [6, 6.07) is 3.80. The van der Waals surface area contributed by atoms with Gasteiger partial charge < -0.3 is 10.6 Å². The van der Waals surface area contributed by atoms with Gasteiger partial charge in [-0.3, -0.25) is 0 Å². The van der Waals surface area contributed by atoms with E-state index in [9.17, 15) is 0 Å². The summed E-state index contributed by atoms with van der Waals surface area (Å²) in [5, 5.41) is 0. The fourth-order valence-electron chi connectivity index (χ4n) is 1.26. The summed E-state index contributed by atoms with van der Waals surface area (Å²) in [4.78, 5) is 6.44. The zero-order valence-corrected chi connectivity index (χ0v) is 9.04. The number of likely N-dealkylation sites (N-methyl/N-ethyl adjacent to an activating group) is 1. The maximum atomic E-state index is 5.69. The van der Waals surface area contributed by atoms with Gasteiger partial charge in [-0.25, -0.2) is 4.98 Å². The van der Waals surface area contributed by atoms with Crippen molar-refractivity contribution in [2.24, 2.45) is 0 Å². The molecular formula is C11H17N3. The van der Waals surface area contributed by atoms with Crippen molar-refractivity contribution in [3.8, 4) is 0 Å². The molecule has 1 aromatic heterocycles. The van der Waals surface area contributed by atoms with Crippen molar-refractivity contribution in [3.05, 3.63) is 30.0 Å². The second-order valence-corrected chi connectivity index (χ2v) is 3.66. The highest BCUT2D eigenvalue weighted by atomic mass is 15.2. The van der Waals surface area contributed by atoms with Gasteiger partial charge in [0.15, 0.2) is 0 Å². The first-order chi connectivity index (χ1) is 6.50. The number of aromatic nitrogens is 1. The molecule has 14 heavy (non-hydrogen) atoms. The quantitative estimate of drug-likeness (QED) is 0.743. The van der Waals surface area contributed by atoms with Crippen LogP contribution in [0.3, 0.4) is 0 Å². The molecule has 0 saturated heterocycles. The Labute approximate surface area is 85.3 Å². The zero-order chi connectivity index (χ0) is 10.7. The Kier molecular flexibility index (Phi) is 3.12. The molecule has 1 rings (SSSR count). The van der Waals surface area contributed by atoms with Gasteiger partial charge in [-0.05, 0) is 26.0 Å². The van der Waals surface area contributed by atoms with Gasteiger partial charge in [0.2, 0.25) is 0 Å². The van der Waals surface area contributed by atoms with Gasteiger partial charge >= 0.3 is 0 Å². The maximum absolute atomic E-state index is 5.69. The average Bonchev–Trinajstić information content (AvgIpc) is 2.08. The minimum absolute atomic E-state index is 0.734. The van der Waals surface area contributed by atoms with Crippen LogP contribution in [0.25, 0.3) is 0 Å². The number of rotatable bonds is 3. The molecule has 1 heterocycles. The Morgan fingerprint density at radius 2 is 2.21 bits per heavy atom. The molecule has 0 saturated carbocycles. The monoisotopic (exact) mass is 191 g/mol. The lowest BCUT2D eigenvalue weighted by atomic mass is 10.3. The minimum atomic E-state index is 0.734. The molecule has 3 nitrogen and oxygen atoms in total. The van der Waals surface area contributed by atoms with E-state index in [-0.39, 0.29) is 0 Å². The first-order valence-electron chi connectivity index (χ1n) is 4.59. The lowest BCUT2D eigenvalue weighted by molar-refractivity contribution is 0.947. The average molecular weight is 191 g/mol. The normalized spacial score (nSPS) is 9.93. The molecule has 0 spiro atoms. The van der Waals surface area contributed by atoms with Gasteiger partial charge in [0.25, 0.3) is 0 Å². The molecule has 0 radical (unpaired) electrons. The summed E-state index contributed by atoms with van der Waals surface area (Å²) < 4.78 is 0. The van der Waals surface area contributed by atoms with Gasteiger partial charge in [-0.15, -0.1) is 0 Å². The predicted molar refractivity (Wildman–Crippen MR) is 61.5 cm³/mol.